The number of nitrogens with one attached hydrogen (secondary N) is 1. The van der Waals surface area contributed by atoms with Crippen molar-refractivity contribution < 1.29 is 0 Å². The summed E-state index contributed by atoms with van der Waals surface area (Å²) in [6.07, 6.45) is 2.70. The number of likely N-dealkylation sites (tertiary alicyclic amines) is 1. The lowest BCUT2D eigenvalue weighted by Gasteiger charge is -2.17. The molecule has 0 aliphatic carbocycles. The molecule has 114 valence electrons. The number of hydrogen-bond donors (Lipinski definition) is 1. The highest BCUT2D eigenvalue weighted by molar-refractivity contribution is 5.80. The van der Waals surface area contributed by atoms with E-state index in [4.69, 9.17) is 4.98 Å². The molecule has 1 aliphatic rings. The number of rotatable bonds is 5. The lowest BCUT2D eigenvalue weighted by molar-refractivity contribution is 0.325. The van der Waals surface area contributed by atoms with Gasteiger partial charge in [0.1, 0.15) is 0 Å². The summed E-state index contributed by atoms with van der Waals surface area (Å²) in [4.78, 5) is 7.34. The highest BCUT2D eigenvalue weighted by Crippen LogP contribution is 2.23. The molecule has 0 radical (unpaired) electrons. The van der Waals surface area contributed by atoms with Crippen LogP contribution in [0.3, 0.4) is 0 Å². The topological polar surface area (TPSA) is 33.1 Å². The zero-order chi connectivity index (χ0) is 14.8. The summed E-state index contributed by atoms with van der Waals surface area (Å²) in [6.45, 7) is 12.0. The van der Waals surface area contributed by atoms with Gasteiger partial charge in [-0.15, -0.1) is 0 Å². The van der Waals surface area contributed by atoms with E-state index in [0.29, 0.717) is 0 Å². The highest BCUT2D eigenvalue weighted by atomic mass is 15.2. The number of fused-ring (bicyclic) bond motifs is 1. The minimum Gasteiger partial charge on any atom is -0.356 e. The Bertz CT molecular complexity index is 623. The van der Waals surface area contributed by atoms with Crippen LogP contribution in [0.15, 0.2) is 12.1 Å². The summed E-state index contributed by atoms with van der Waals surface area (Å²) < 4.78 is 2.35. The third-order valence-corrected chi connectivity index (χ3v) is 4.54. The van der Waals surface area contributed by atoms with Crippen molar-refractivity contribution >= 4 is 17.0 Å². The molecule has 0 spiro atoms. The number of imidazole rings is 1. The van der Waals surface area contributed by atoms with Gasteiger partial charge < -0.3 is 14.8 Å². The first-order chi connectivity index (χ1) is 10.2. The zero-order valence-corrected chi connectivity index (χ0v) is 13.4. The Morgan fingerprint density at radius 3 is 2.52 bits per heavy atom. The monoisotopic (exact) mass is 286 g/mol. The van der Waals surface area contributed by atoms with Gasteiger partial charge in [0, 0.05) is 19.6 Å². The SMILES string of the molecule is CCNc1nc2cc(C)c(C)cc2n1CCN1CCCC1. The quantitative estimate of drug-likeness (QED) is 0.916. The second-order valence-corrected chi connectivity index (χ2v) is 6.09. The molecule has 2 aromatic rings. The van der Waals surface area contributed by atoms with Crippen molar-refractivity contribution in [3.8, 4) is 0 Å². The average Bonchev–Trinajstić information content (AvgIpc) is 3.06. The van der Waals surface area contributed by atoms with Gasteiger partial charge in [-0.25, -0.2) is 4.98 Å². The number of nitrogens with zero attached hydrogens (tertiary/aromatic N) is 3. The van der Waals surface area contributed by atoms with Crippen molar-refractivity contribution in [2.75, 3.05) is 31.5 Å². The van der Waals surface area contributed by atoms with Gasteiger partial charge in [-0.05, 0) is 70.0 Å². The Hall–Kier alpha value is -1.55. The summed E-state index contributed by atoms with van der Waals surface area (Å²) in [6, 6.07) is 4.49. The van der Waals surface area contributed by atoms with Crippen molar-refractivity contribution in [2.24, 2.45) is 0 Å². The van der Waals surface area contributed by atoms with Crippen LogP contribution in [0.5, 0.6) is 0 Å². The Labute approximate surface area is 127 Å². The first kappa shape index (κ1) is 14.4. The number of aryl methyl sites for hydroxylation is 2. The number of anilines is 1. The molecule has 3 rings (SSSR count). The van der Waals surface area contributed by atoms with E-state index in [0.717, 1.165) is 31.1 Å². The number of benzene rings is 1. The van der Waals surface area contributed by atoms with E-state index in [1.807, 2.05) is 0 Å². The fraction of sp³-hybridized carbons (Fsp3) is 0.588. The van der Waals surface area contributed by atoms with Crippen LogP contribution in [0, 0.1) is 13.8 Å². The molecule has 0 bridgehead atoms. The molecule has 0 unspecified atom stereocenters. The predicted molar refractivity (Wildman–Crippen MR) is 89.0 cm³/mol. The molecule has 1 fully saturated rings. The molecular weight excluding hydrogens is 260 g/mol. The van der Waals surface area contributed by atoms with E-state index in [9.17, 15) is 0 Å². The average molecular weight is 286 g/mol. The summed E-state index contributed by atoms with van der Waals surface area (Å²) in [5.41, 5.74) is 5.02. The van der Waals surface area contributed by atoms with Crippen LogP contribution in [0.1, 0.15) is 30.9 Å². The highest BCUT2D eigenvalue weighted by Gasteiger charge is 2.15. The Kier molecular flexibility index (Phi) is 4.15. The first-order valence-electron chi connectivity index (χ1n) is 8.12. The largest absolute Gasteiger partial charge is 0.356 e. The maximum Gasteiger partial charge on any atom is 0.203 e. The lowest BCUT2D eigenvalue weighted by atomic mass is 10.1. The molecule has 21 heavy (non-hydrogen) atoms. The van der Waals surface area contributed by atoms with Crippen LogP contribution in [0.2, 0.25) is 0 Å². The molecule has 0 saturated carbocycles. The van der Waals surface area contributed by atoms with Gasteiger partial charge in [0.05, 0.1) is 11.0 Å². The third kappa shape index (κ3) is 2.91. The Balaban J connectivity index is 1.92. The van der Waals surface area contributed by atoms with Crippen LogP contribution < -0.4 is 5.32 Å². The number of hydrogen-bond acceptors (Lipinski definition) is 3. The molecule has 0 atom stereocenters. The minimum atomic E-state index is 0.908. The summed E-state index contributed by atoms with van der Waals surface area (Å²) in [5, 5.41) is 3.41. The third-order valence-electron chi connectivity index (χ3n) is 4.54. The standard InChI is InChI=1S/C17H26N4/c1-4-18-17-19-15-11-13(2)14(3)12-16(15)21(17)10-9-20-7-5-6-8-20/h11-12H,4-10H2,1-3H3,(H,18,19). The maximum atomic E-state index is 4.78. The van der Waals surface area contributed by atoms with Crippen LogP contribution in [0.4, 0.5) is 5.95 Å². The molecule has 1 aromatic carbocycles. The number of aromatic nitrogens is 2. The molecule has 1 aliphatic heterocycles. The van der Waals surface area contributed by atoms with Crippen LogP contribution in [0.25, 0.3) is 11.0 Å². The van der Waals surface area contributed by atoms with Crippen molar-refractivity contribution in [2.45, 2.75) is 40.2 Å². The molecule has 2 heterocycles. The van der Waals surface area contributed by atoms with E-state index in [2.05, 4.69) is 47.7 Å². The van der Waals surface area contributed by atoms with E-state index >= 15 is 0 Å². The van der Waals surface area contributed by atoms with Crippen molar-refractivity contribution in [1.82, 2.24) is 14.5 Å². The maximum absolute atomic E-state index is 4.78. The van der Waals surface area contributed by atoms with Gasteiger partial charge in [-0.3, -0.25) is 0 Å². The van der Waals surface area contributed by atoms with E-state index in [1.165, 1.54) is 42.6 Å². The normalized spacial score (nSPS) is 16.0. The second-order valence-electron chi connectivity index (χ2n) is 6.09. The molecule has 4 nitrogen and oxygen atoms in total. The van der Waals surface area contributed by atoms with Crippen molar-refractivity contribution in [3.63, 3.8) is 0 Å². The molecule has 1 N–H and O–H groups in total. The van der Waals surface area contributed by atoms with Gasteiger partial charge >= 0.3 is 0 Å². The lowest BCUT2D eigenvalue weighted by Crippen LogP contribution is -2.24. The second kappa shape index (κ2) is 6.06. The van der Waals surface area contributed by atoms with Gasteiger partial charge in [-0.1, -0.05) is 0 Å². The first-order valence-corrected chi connectivity index (χ1v) is 8.12. The van der Waals surface area contributed by atoms with E-state index in [-0.39, 0.29) is 0 Å². The van der Waals surface area contributed by atoms with Gasteiger partial charge in [0.15, 0.2) is 0 Å². The summed E-state index contributed by atoms with van der Waals surface area (Å²) in [5.74, 6) is 1.01. The van der Waals surface area contributed by atoms with E-state index < -0.39 is 0 Å². The van der Waals surface area contributed by atoms with Crippen LogP contribution >= 0.6 is 0 Å². The fourth-order valence-electron chi connectivity index (χ4n) is 3.15. The van der Waals surface area contributed by atoms with Crippen molar-refractivity contribution in [3.05, 3.63) is 23.3 Å². The molecule has 1 aromatic heterocycles. The smallest absolute Gasteiger partial charge is 0.203 e. The van der Waals surface area contributed by atoms with Crippen LogP contribution in [-0.2, 0) is 6.54 Å². The minimum absolute atomic E-state index is 0.908. The Morgan fingerprint density at radius 1 is 1.10 bits per heavy atom. The van der Waals surface area contributed by atoms with Gasteiger partial charge in [0.25, 0.3) is 0 Å². The van der Waals surface area contributed by atoms with Crippen LogP contribution in [-0.4, -0.2) is 40.6 Å². The fourth-order valence-corrected chi connectivity index (χ4v) is 3.15. The van der Waals surface area contributed by atoms with Crippen molar-refractivity contribution in [1.29, 1.82) is 0 Å². The van der Waals surface area contributed by atoms with E-state index in [1.54, 1.807) is 0 Å². The summed E-state index contributed by atoms with van der Waals surface area (Å²) in [7, 11) is 0. The van der Waals surface area contributed by atoms with Gasteiger partial charge in [-0.2, -0.15) is 0 Å². The molecule has 0 amide bonds. The zero-order valence-electron chi connectivity index (χ0n) is 13.4. The molecular formula is C17H26N4. The Morgan fingerprint density at radius 2 is 1.81 bits per heavy atom. The molecule has 1 saturated heterocycles. The predicted octanol–water partition coefficient (Wildman–Crippen LogP) is 3.18. The van der Waals surface area contributed by atoms with Gasteiger partial charge in [0.2, 0.25) is 5.95 Å². The molecule has 4 heteroatoms. The summed E-state index contributed by atoms with van der Waals surface area (Å²) >= 11 is 0.